The number of hydrogen-bond donors (Lipinski definition) is 2. The van der Waals surface area contributed by atoms with Crippen molar-refractivity contribution in [3.05, 3.63) is 17.7 Å². The minimum atomic E-state index is -0.965. The van der Waals surface area contributed by atoms with Gasteiger partial charge in [0.15, 0.2) is 11.5 Å². The van der Waals surface area contributed by atoms with Crippen LogP contribution in [0.25, 0.3) is 0 Å². The molecule has 0 bridgehead atoms. The summed E-state index contributed by atoms with van der Waals surface area (Å²) in [6, 6.07) is 2.59. The molecule has 120 valence electrons. The molecule has 7 nitrogen and oxygen atoms in total. The molecule has 0 saturated carbocycles. The highest BCUT2D eigenvalue weighted by molar-refractivity contribution is 5.96. The van der Waals surface area contributed by atoms with E-state index >= 15 is 0 Å². The Balaban J connectivity index is 2.21. The fraction of sp³-hybridized carbons (Fsp3) is 0.467. The van der Waals surface area contributed by atoms with E-state index < -0.39 is 23.8 Å². The highest BCUT2D eigenvalue weighted by Crippen LogP contribution is 2.40. The number of ether oxygens (including phenoxy) is 3. The number of hydrogen-bond acceptors (Lipinski definition) is 5. The van der Waals surface area contributed by atoms with Gasteiger partial charge in [0.25, 0.3) is 5.91 Å². The third-order valence-corrected chi connectivity index (χ3v) is 3.59. The number of methoxy groups -OCH3 is 1. The molecule has 1 heterocycles. The van der Waals surface area contributed by atoms with Crippen LogP contribution >= 0.6 is 0 Å². The fourth-order valence-electron chi connectivity index (χ4n) is 2.03. The van der Waals surface area contributed by atoms with Gasteiger partial charge in [-0.2, -0.15) is 0 Å². The molecule has 0 saturated heterocycles. The summed E-state index contributed by atoms with van der Waals surface area (Å²) in [5.74, 6) is -0.736. The van der Waals surface area contributed by atoms with Crippen LogP contribution in [0.3, 0.4) is 0 Å². The maximum Gasteiger partial charge on any atom is 0.308 e. The first-order valence-corrected chi connectivity index (χ1v) is 6.95. The summed E-state index contributed by atoms with van der Waals surface area (Å²) in [4.78, 5) is 23.2. The molecule has 0 aromatic heterocycles. The molecule has 0 fully saturated rings. The highest BCUT2D eigenvalue weighted by Gasteiger charge is 2.24. The number of amides is 1. The molecular weight excluding hydrogens is 290 g/mol. The van der Waals surface area contributed by atoms with Crippen LogP contribution in [0.1, 0.15) is 24.2 Å². The second-order valence-electron chi connectivity index (χ2n) is 5.09. The molecule has 22 heavy (non-hydrogen) atoms. The molecule has 2 atom stereocenters. The van der Waals surface area contributed by atoms with Gasteiger partial charge in [0.2, 0.25) is 5.75 Å². The molecule has 0 aliphatic carbocycles. The van der Waals surface area contributed by atoms with Crippen LogP contribution < -0.4 is 19.5 Å². The number of carbonyl (C=O) groups is 2. The van der Waals surface area contributed by atoms with Crippen LogP contribution in [0.2, 0.25) is 0 Å². The van der Waals surface area contributed by atoms with Crippen molar-refractivity contribution in [2.45, 2.75) is 19.9 Å². The maximum atomic E-state index is 12.3. The Labute approximate surface area is 128 Å². The Morgan fingerprint density at radius 2 is 1.95 bits per heavy atom. The molecular formula is C15H19NO6. The van der Waals surface area contributed by atoms with Crippen molar-refractivity contribution in [3.63, 3.8) is 0 Å². The van der Waals surface area contributed by atoms with Gasteiger partial charge in [-0.05, 0) is 26.0 Å². The number of carbonyl (C=O) groups excluding carboxylic acids is 1. The maximum absolute atomic E-state index is 12.3. The number of benzene rings is 1. The summed E-state index contributed by atoms with van der Waals surface area (Å²) in [6.45, 7) is 4.00. The fourth-order valence-corrected chi connectivity index (χ4v) is 2.03. The second kappa shape index (κ2) is 6.55. The van der Waals surface area contributed by atoms with Gasteiger partial charge in [0, 0.05) is 11.6 Å². The van der Waals surface area contributed by atoms with E-state index in [2.05, 4.69) is 5.32 Å². The molecule has 1 aliphatic heterocycles. The molecule has 2 unspecified atom stereocenters. The molecule has 7 heteroatoms. The summed E-state index contributed by atoms with van der Waals surface area (Å²) in [5.41, 5.74) is 0.325. The zero-order valence-corrected chi connectivity index (χ0v) is 12.7. The first-order chi connectivity index (χ1) is 10.4. The van der Waals surface area contributed by atoms with E-state index in [0.717, 1.165) is 0 Å². The Morgan fingerprint density at radius 1 is 1.27 bits per heavy atom. The number of rotatable bonds is 5. The quantitative estimate of drug-likeness (QED) is 0.851. The van der Waals surface area contributed by atoms with Crippen LogP contribution in [0.4, 0.5) is 0 Å². The van der Waals surface area contributed by atoms with E-state index in [1.54, 1.807) is 19.1 Å². The molecule has 1 amide bonds. The third-order valence-electron chi connectivity index (χ3n) is 3.59. The second-order valence-corrected chi connectivity index (χ2v) is 5.09. The van der Waals surface area contributed by atoms with Gasteiger partial charge in [0.05, 0.1) is 13.0 Å². The summed E-state index contributed by atoms with van der Waals surface area (Å²) in [6.07, 6.45) is 0. The van der Waals surface area contributed by atoms with Gasteiger partial charge in [-0.25, -0.2) is 0 Å². The zero-order valence-electron chi connectivity index (χ0n) is 12.7. The summed E-state index contributed by atoms with van der Waals surface area (Å²) in [5, 5.41) is 11.6. The number of nitrogens with one attached hydrogen (secondary N) is 1. The summed E-state index contributed by atoms with van der Waals surface area (Å²) < 4.78 is 16.2. The number of fused-ring (bicyclic) bond motifs is 1. The summed E-state index contributed by atoms with van der Waals surface area (Å²) in [7, 11) is 1.48. The predicted octanol–water partition coefficient (Wildman–Crippen LogP) is 1.31. The lowest BCUT2D eigenvalue weighted by Crippen LogP contribution is -2.40. The monoisotopic (exact) mass is 309 g/mol. The molecule has 1 aromatic carbocycles. The van der Waals surface area contributed by atoms with Crippen molar-refractivity contribution in [2.24, 2.45) is 5.92 Å². The molecule has 2 rings (SSSR count). The van der Waals surface area contributed by atoms with E-state index in [4.69, 9.17) is 19.3 Å². The van der Waals surface area contributed by atoms with E-state index in [1.165, 1.54) is 14.0 Å². The molecule has 0 spiro atoms. The molecule has 0 radical (unpaired) electrons. The van der Waals surface area contributed by atoms with E-state index in [1.807, 2.05) is 0 Å². The normalized spacial score (nSPS) is 15.6. The van der Waals surface area contributed by atoms with E-state index in [0.29, 0.717) is 36.0 Å². The van der Waals surface area contributed by atoms with Crippen molar-refractivity contribution in [2.75, 3.05) is 20.3 Å². The standard InChI is InChI=1S/C15H19NO6/c1-8(15(18)19)9(2)16-14(17)10-6-11(20-3)13-12(7-10)21-4-5-22-13/h6-9H,4-5H2,1-3H3,(H,16,17)(H,18,19). The van der Waals surface area contributed by atoms with Gasteiger partial charge in [-0.1, -0.05) is 0 Å². The first-order valence-electron chi connectivity index (χ1n) is 6.95. The van der Waals surface area contributed by atoms with Gasteiger partial charge in [0.1, 0.15) is 13.2 Å². The van der Waals surface area contributed by atoms with Crippen LogP contribution in [0.15, 0.2) is 12.1 Å². The van der Waals surface area contributed by atoms with Gasteiger partial charge < -0.3 is 24.6 Å². The lowest BCUT2D eigenvalue weighted by Gasteiger charge is -2.22. The first kappa shape index (κ1) is 15.9. The smallest absolute Gasteiger partial charge is 0.308 e. The van der Waals surface area contributed by atoms with E-state index in [-0.39, 0.29) is 0 Å². The average Bonchev–Trinajstić information content (AvgIpc) is 2.52. The number of carboxylic acids is 1. The lowest BCUT2D eigenvalue weighted by atomic mass is 10.0. The Hall–Kier alpha value is -2.44. The third kappa shape index (κ3) is 3.24. The van der Waals surface area contributed by atoms with Crippen molar-refractivity contribution in [1.82, 2.24) is 5.32 Å². The van der Waals surface area contributed by atoms with E-state index in [9.17, 15) is 9.59 Å². The van der Waals surface area contributed by atoms with Crippen molar-refractivity contribution in [1.29, 1.82) is 0 Å². The lowest BCUT2D eigenvalue weighted by molar-refractivity contribution is -0.141. The number of carboxylic acid groups (broad SMARTS) is 1. The molecule has 1 aromatic rings. The van der Waals surface area contributed by atoms with Crippen LogP contribution in [-0.4, -0.2) is 43.3 Å². The zero-order chi connectivity index (χ0) is 16.3. The van der Waals surface area contributed by atoms with Crippen LogP contribution in [0.5, 0.6) is 17.2 Å². The summed E-state index contributed by atoms with van der Waals surface area (Å²) >= 11 is 0. The highest BCUT2D eigenvalue weighted by atomic mass is 16.6. The van der Waals surface area contributed by atoms with Crippen molar-refractivity contribution >= 4 is 11.9 Å². The van der Waals surface area contributed by atoms with Crippen LogP contribution in [-0.2, 0) is 4.79 Å². The topological polar surface area (TPSA) is 94.1 Å². The molecule has 2 N–H and O–H groups in total. The SMILES string of the molecule is COc1cc(C(=O)NC(C)C(C)C(=O)O)cc2c1OCCO2. The van der Waals surface area contributed by atoms with Gasteiger partial charge >= 0.3 is 5.97 Å². The predicted molar refractivity (Wildman–Crippen MR) is 77.7 cm³/mol. The van der Waals surface area contributed by atoms with Crippen LogP contribution in [0, 0.1) is 5.92 Å². The average molecular weight is 309 g/mol. The Morgan fingerprint density at radius 3 is 2.59 bits per heavy atom. The van der Waals surface area contributed by atoms with Crippen molar-refractivity contribution in [3.8, 4) is 17.2 Å². The largest absolute Gasteiger partial charge is 0.493 e. The minimum absolute atomic E-state index is 0.325. The van der Waals surface area contributed by atoms with Gasteiger partial charge in [-0.3, -0.25) is 9.59 Å². The molecule has 1 aliphatic rings. The van der Waals surface area contributed by atoms with Gasteiger partial charge in [-0.15, -0.1) is 0 Å². The number of aliphatic carboxylic acids is 1. The Kier molecular flexibility index (Phi) is 4.75. The minimum Gasteiger partial charge on any atom is -0.493 e. The van der Waals surface area contributed by atoms with Crippen molar-refractivity contribution < 1.29 is 28.9 Å². The Bertz CT molecular complexity index is 568.